The minimum Gasteiger partial charge on any atom is -0.332 e. The van der Waals surface area contributed by atoms with Gasteiger partial charge in [-0.05, 0) is 12.1 Å². The Morgan fingerprint density at radius 2 is 1.85 bits per heavy atom. The zero-order chi connectivity index (χ0) is 24.6. The topological polar surface area (TPSA) is 90.6 Å². The van der Waals surface area contributed by atoms with Gasteiger partial charge in [-0.15, -0.1) is 11.3 Å². The Kier molecular flexibility index (Phi) is 6.50. The van der Waals surface area contributed by atoms with E-state index in [9.17, 15) is 22.8 Å². The first-order valence-corrected chi connectivity index (χ1v) is 11.2. The van der Waals surface area contributed by atoms with Gasteiger partial charge in [-0.2, -0.15) is 13.2 Å². The molecule has 1 atom stereocenters. The van der Waals surface area contributed by atoms with Crippen LogP contribution in [0.3, 0.4) is 0 Å². The molecular formula is C22H17ClF3N5O2S. The van der Waals surface area contributed by atoms with Gasteiger partial charge >= 0.3 is 6.18 Å². The van der Waals surface area contributed by atoms with E-state index >= 15 is 0 Å². The first-order valence-electron chi connectivity index (χ1n) is 10.0. The van der Waals surface area contributed by atoms with Crippen LogP contribution >= 0.6 is 22.9 Å². The monoisotopic (exact) mass is 507 g/mol. The number of carbonyl (C=O) groups is 2. The van der Waals surface area contributed by atoms with E-state index in [1.807, 2.05) is 7.05 Å². The molecule has 0 unspecified atom stereocenters. The molecule has 0 aliphatic heterocycles. The number of carbonyl (C=O) groups excluding carboxylic acids is 2. The van der Waals surface area contributed by atoms with Gasteiger partial charge in [0.25, 0.3) is 0 Å². The maximum Gasteiger partial charge on any atom is 0.417 e. The van der Waals surface area contributed by atoms with Gasteiger partial charge in [-0.1, -0.05) is 18.5 Å². The summed E-state index contributed by atoms with van der Waals surface area (Å²) in [6, 6.07) is 2.41. The predicted molar refractivity (Wildman–Crippen MR) is 120 cm³/mol. The number of pyridine rings is 2. The Morgan fingerprint density at radius 1 is 1.09 bits per heavy atom. The van der Waals surface area contributed by atoms with Crippen molar-refractivity contribution in [2.24, 2.45) is 7.05 Å². The van der Waals surface area contributed by atoms with E-state index in [0.717, 1.165) is 29.1 Å². The van der Waals surface area contributed by atoms with Crippen LogP contribution in [0.25, 0.3) is 11.0 Å². The Hall–Kier alpha value is -3.18. The van der Waals surface area contributed by atoms with Gasteiger partial charge in [0.05, 0.1) is 50.4 Å². The number of halogens is 4. The van der Waals surface area contributed by atoms with Crippen LogP contribution in [0.2, 0.25) is 5.02 Å². The molecule has 0 saturated carbocycles. The molecule has 176 valence electrons. The van der Waals surface area contributed by atoms with Gasteiger partial charge < -0.3 is 4.57 Å². The molecule has 0 N–H and O–H groups in total. The van der Waals surface area contributed by atoms with E-state index in [1.165, 1.54) is 6.20 Å². The molecule has 0 fully saturated rings. The highest BCUT2D eigenvalue weighted by Gasteiger charge is 2.34. The summed E-state index contributed by atoms with van der Waals surface area (Å²) in [5.74, 6) is -0.897. The number of alkyl halides is 3. The quantitative estimate of drug-likeness (QED) is 0.315. The normalized spacial score (nSPS) is 12.8. The van der Waals surface area contributed by atoms with E-state index in [0.29, 0.717) is 16.2 Å². The Labute approximate surface area is 200 Å². The van der Waals surface area contributed by atoms with E-state index in [4.69, 9.17) is 11.6 Å². The average Bonchev–Trinajstić information content (AvgIpc) is 3.41. The molecule has 4 aromatic heterocycles. The first kappa shape index (κ1) is 24.0. The molecule has 0 aliphatic rings. The fourth-order valence-electron chi connectivity index (χ4n) is 3.34. The molecule has 0 radical (unpaired) electrons. The third-order valence-electron chi connectivity index (χ3n) is 5.17. The van der Waals surface area contributed by atoms with Crippen LogP contribution in [0.4, 0.5) is 13.2 Å². The van der Waals surface area contributed by atoms with Gasteiger partial charge in [0.1, 0.15) is 5.69 Å². The minimum absolute atomic E-state index is 0.0455. The van der Waals surface area contributed by atoms with Crippen molar-refractivity contribution in [2.45, 2.75) is 31.9 Å². The molecule has 0 saturated heterocycles. The van der Waals surface area contributed by atoms with Crippen molar-refractivity contribution in [3.05, 3.63) is 68.9 Å². The lowest BCUT2D eigenvalue weighted by Crippen LogP contribution is -2.10. The zero-order valence-electron chi connectivity index (χ0n) is 17.9. The van der Waals surface area contributed by atoms with Crippen molar-refractivity contribution in [1.29, 1.82) is 0 Å². The summed E-state index contributed by atoms with van der Waals surface area (Å²) in [5, 5.41) is 0.0367. The average molecular weight is 508 g/mol. The molecule has 0 spiro atoms. The number of rotatable bonds is 7. The summed E-state index contributed by atoms with van der Waals surface area (Å²) >= 11 is 6.68. The van der Waals surface area contributed by atoms with Crippen LogP contribution in [0.1, 0.15) is 55.7 Å². The van der Waals surface area contributed by atoms with Gasteiger partial charge in [-0.25, -0.2) is 9.97 Å². The number of aryl methyl sites for hydroxylation is 1. The summed E-state index contributed by atoms with van der Waals surface area (Å²) in [5.41, 5.74) is 0.683. The van der Waals surface area contributed by atoms with E-state index in [1.54, 1.807) is 30.1 Å². The number of thiazole rings is 1. The van der Waals surface area contributed by atoms with Crippen LogP contribution in [0, 0.1) is 0 Å². The van der Waals surface area contributed by atoms with Gasteiger partial charge in [0.15, 0.2) is 11.6 Å². The second-order valence-electron chi connectivity index (χ2n) is 7.76. The van der Waals surface area contributed by atoms with Gasteiger partial charge in [-0.3, -0.25) is 19.6 Å². The van der Waals surface area contributed by atoms with Crippen LogP contribution in [0.15, 0.2) is 37.1 Å². The second-order valence-corrected chi connectivity index (χ2v) is 9.23. The molecule has 0 bridgehead atoms. The van der Waals surface area contributed by atoms with Crippen molar-refractivity contribution >= 4 is 45.5 Å². The smallest absolute Gasteiger partial charge is 0.332 e. The van der Waals surface area contributed by atoms with Crippen molar-refractivity contribution in [2.75, 3.05) is 0 Å². The minimum atomic E-state index is -4.65. The molecule has 0 amide bonds. The maximum absolute atomic E-state index is 13.0. The fraction of sp³-hybridized carbons (Fsp3) is 0.273. The lowest BCUT2D eigenvalue weighted by atomic mass is 10.0. The Balaban J connectivity index is 1.43. The third kappa shape index (κ3) is 5.00. The lowest BCUT2D eigenvalue weighted by Gasteiger charge is -2.09. The summed E-state index contributed by atoms with van der Waals surface area (Å²) < 4.78 is 40.9. The van der Waals surface area contributed by atoms with Crippen molar-refractivity contribution in [3.8, 4) is 0 Å². The summed E-state index contributed by atoms with van der Waals surface area (Å²) in [6.07, 6.45) is 0.629. The Bertz CT molecular complexity index is 1400. The largest absolute Gasteiger partial charge is 0.417 e. The molecule has 34 heavy (non-hydrogen) atoms. The Morgan fingerprint density at radius 3 is 2.59 bits per heavy atom. The van der Waals surface area contributed by atoms with Crippen molar-refractivity contribution < 1.29 is 22.8 Å². The molecule has 4 aromatic rings. The van der Waals surface area contributed by atoms with E-state index in [-0.39, 0.29) is 35.1 Å². The molecule has 0 aromatic carbocycles. The molecule has 12 heteroatoms. The highest BCUT2D eigenvalue weighted by Crippen LogP contribution is 2.35. The van der Waals surface area contributed by atoms with Crippen LogP contribution in [-0.4, -0.2) is 36.1 Å². The van der Waals surface area contributed by atoms with E-state index < -0.39 is 22.5 Å². The van der Waals surface area contributed by atoms with Gasteiger partial charge in [0.2, 0.25) is 0 Å². The third-order valence-corrected chi connectivity index (χ3v) is 6.74. The van der Waals surface area contributed by atoms with Gasteiger partial charge in [0, 0.05) is 37.5 Å². The number of hydrogen-bond donors (Lipinski definition) is 0. The van der Waals surface area contributed by atoms with Crippen LogP contribution < -0.4 is 0 Å². The zero-order valence-corrected chi connectivity index (χ0v) is 19.5. The molecular weight excluding hydrogens is 491 g/mol. The number of aromatic nitrogens is 5. The van der Waals surface area contributed by atoms with Crippen molar-refractivity contribution in [1.82, 2.24) is 24.5 Å². The highest BCUT2D eigenvalue weighted by molar-refractivity contribution is 7.13. The standard InChI is InChI=1S/C22H17ClF3N5O2S/c1-11(3-18(32)16-6-15-17(8-28-16)31(2)10-30-15)21-29-9-20(34-21)19(33)5-12-4-13(22(24,25)26)14(23)7-27-12/h4,6-11H,3,5H2,1-2H3/t11-/m0/s1. The number of hydrogen-bond acceptors (Lipinski definition) is 7. The fourth-order valence-corrected chi connectivity index (χ4v) is 4.46. The number of ketones is 2. The lowest BCUT2D eigenvalue weighted by molar-refractivity contribution is -0.137. The van der Waals surface area contributed by atoms with Crippen molar-refractivity contribution in [3.63, 3.8) is 0 Å². The van der Waals surface area contributed by atoms with Crippen LogP contribution in [0.5, 0.6) is 0 Å². The maximum atomic E-state index is 13.0. The SMILES string of the molecule is C[C@@H](CC(=O)c1cc2ncn(C)c2cn1)c1ncc(C(=O)Cc2cc(C(F)(F)F)c(Cl)cn2)s1. The van der Waals surface area contributed by atoms with E-state index in [2.05, 4.69) is 19.9 Å². The number of nitrogens with zero attached hydrogens (tertiary/aromatic N) is 5. The molecule has 0 aliphatic carbocycles. The number of imidazole rings is 1. The molecule has 4 rings (SSSR count). The van der Waals surface area contributed by atoms with Crippen LogP contribution in [-0.2, 0) is 19.6 Å². The summed E-state index contributed by atoms with van der Waals surface area (Å²) in [6.45, 7) is 1.81. The molecule has 7 nitrogen and oxygen atoms in total. The summed E-state index contributed by atoms with van der Waals surface area (Å²) in [7, 11) is 1.83. The summed E-state index contributed by atoms with van der Waals surface area (Å²) in [4.78, 5) is 42.1. The first-order chi connectivity index (χ1) is 16.0. The predicted octanol–water partition coefficient (Wildman–Crippen LogP) is 5.29. The number of Topliss-reactive ketones (excluding diaryl/α,β-unsaturated/α-hetero) is 2. The number of fused-ring (bicyclic) bond motifs is 1. The molecule has 4 heterocycles. The second kappa shape index (κ2) is 9.22. The highest BCUT2D eigenvalue weighted by atomic mass is 35.5.